The number of nitrogens with one attached hydrogen (secondary N) is 1. The minimum Gasteiger partial charge on any atom is -0.360 e. The number of rotatable bonds is 5. The summed E-state index contributed by atoms with van der Waals surface area (Å²) in [5, 5.41) is 0. The number of imidazole rings is 1. The molecule has 1 aromatic heterocycles. The molecule has 29 heavy (non-hydrogen) atoms. The summed E-state index contributed by atoms with van der Waals surface area (Å²) in [7, 11) is 1.75. The third kappa shape index (κ3) is 2.88. The predicted molar refractivity (Wildman–Crippen MR) is 105 cm³/mol. The van der Waals surface area contributed by atoms with Crippen molar-refractivity contribution in [1.29, 1.82) is 0 Å². The van der Waals surface area contributed by atoms with Crippen molar-refractivity contribution >= 4 is 11.8 Å². The van der Waals surface area contributed by atoms with E-state index in [2.05, 4.69) is 16.0 Å². The molecule has 0 radical (unpaired) electrons. The molecule has 2 aromatic rings. The van der Waals surface area contributed by atoms with E-state index < -0.39 is 17.4 Å². The van der Waals surface area contributed by atoms with Crippen LogP contribution in [-0.2, 0) is 27.4 Å². The fraction of sp³-hybridized carbons (Fsp3) is 0.409. The minimum atomic E-state index is -0.683. The Morgan fingerprint density at radius 1 is 1.45 bits per heavy atom. The molecule has 1 N–H and O–H groups in total. The zero-order valence-corrected chi connectivity index (χ0v) is 16.5. The standard InChI is InChI=1S/C22H24N4O3/c1-14-4-3-5-15(10-14)11-26-13-22-7-6-16(29-22)18(19(22)21(26)28)20(27)25(2)12-17-23-8-9-24-17/h3-10,16,18-19H,11-13H2,1-2H3,(H,23,24)/t16-,18-,19-,22-/m0/s1. The number of carbonyl (C=O) groups excluding carboxylic acids is 2. The van der Waals surface area contributed by atoms with Crippen LogP contribution in [0.3, 0.4) is 0 Å². The lowest BCUT2D eigenvalue weighted by molar-refractivity contribution is -0.143. The van der Waals surface area contributed by atoms with Gasteiger partial charge in [-0.05, 0) is 12.5 Å². The van der Waals surface area contributed by atoms with Crippen LogP contribution in [0.5, 0.6) is 0 Å². The molecule has 3 aliphatic heterocycles. The van der Waals surface area contributed by atoms with Gasteiger partial charge in [0.2, 0.25) is 11.8 Å². The van der Waals surface area contributed by atoms with Crippen molar-refractivity contribution in [2.24, 2.45) is 11.8 Å². The Hall–Kier alpha value is -2.93. The van der Waals surface area contributed by atoms with Crippen LogP contribution in [0.2, 0.25) is 0 Å². The maximum Gasteiger partial charge on any atom is 0.230 e. The topological polar surface area (TPSA) is 78.5 Å². The zero-order valence-electron chi connectivity index (χ0n) is 16.5. The number of fused-ring (bicyclic) bond motifs is 1. The first-order valence-electron chi connectivity index (χ1n) is 9.92. The summed E-state index contributed by atoms with van der Waals surface area (Å²) in [6.07, 6.45) is 7.00. The number of carbonyl (C=O) groups is 2. The fourth-order valence-corrected chi connectivity index (χ4v) is 4.97. The quantitative estimate of drug-likeness (QED) is 0.785. The van der Waals surface area contributed by atoms with Crippen molar-refractivity contribution in [2.45, 2.75) is 31.7 Å². The highest BCUT2D eigenvalue weighted by molar-refractivity contribution is 5.93. The molecule has 4 atom stereocenters. The van der Waals surface area contributed by atoms with E-state index in [4.69, 9.17) is 4.74 Å². The molecule has 4 heterocycles. The summed E-state index contributed by atoms with van der Waals surface area (Å²) in [6.45, 7) is 3.44. The van der Waals surface area contributed by atoms with Crippen LogP contribution in [0.4, 0.5) is 0 Å². The molecule has 3 aliphatic rings. The molecule has 2 saturated heterocycles. The third-order valence-electron chi connectivity index (χ3n) is 6.24. The first-order chi connectivity index (χ1) is 14.0. The molecule has 2 amide bonds. The zero-order chi connectivity index (χ0) is 20.2. The van der Waals surface area contributed by atoms with Gasteiger partial charge >= 0.3 is 0 Å². The average molecular weight is 392 g/mol. The molecule has 1 spiro atoms. The average Bonchev–Trinajstić information content (AvgIpc) is 3.45. The maximum atomic E-state index is 13.3. The van der Waals surface area contributed by atoms with Crippen LogP contribution in [0.25, 0.3) is 0 Å². The van der Waals surface area contributed by atoms with Crippen LogP contribution < -0.4 is 0 Å². The Morgan fingerprint density at radius 2 is 2.31 bits per heavy atom. The largest absolute Gasteiger partial charge is 0.360 e. The van der Waals surface area contributed by atoms with Gasteiger partial charge in [-0.15, -0.1) is 0 Å². The molecule has 5 rings (SSSR count). The molecule has 0 saturated carbocycles. The summed E-state index contributed by atoms with van der Waals surface area (Å²) < 4.78 is 6.22. The third-order valence-corrected chi connectivity index (χ3v) is 6.24. The van der Waals surface area contributed by atoms with Gasteiger partial charge in [0.05, 0.1) is 31.0 Å². The smallest absolute Gasteiger partial charge is 0.230 e. The normalized spacial score (nSPS) is 29.5. The summed E-state index contributed by atoms with van der Waals surface area (Å²) in [4.78, 5) is 37.3. The number of aromatic amines is 1. The maximum absolute atomic E-state index is 13.3. The fourth-order valence-electron chi connectivity index (χ4n) is 4.97. The Labute approximate surface area is 169 Å². The van der Waals surface area contributed by atoms with Gasteiger partial charge in [0.1, 0.15) is 11.4 Å². The van der Waals surface area contributed by atoms with Crippen molar-refractivity contribution in [2.75, 3.05) is 13.6 Å². The number of hydrogen-bond donors (Lipinski definition) is 1. The molecule has 0 unspecified atom stereocenters. The summed E-state index contributed by atoms with van der Waals surface area (Å²) >= 11 is 0. The van der Waals surface area contributed by atoms with E-state index in [1.54, 1.807) is 24.3 Å². The molecule has 150 valence electrons. The van der Waals surface area contributed by atoms with Gasteiger partial charge in [-0.3, -0.25) is 9.59 Å². The lowest BCUT2D eigenvalue weighted by Crippen LogP contribution is -2.44. The van der Waals surface area contributed by atoms with Gasteiger partial charge in [0, 0.05) is 26.0 Å². The van der Waals surface area contributed by atoms with E-state index >= 15 is 0 Å². The highest BCUT2D eigenvalue weighted by Crippen LogP contribution is 2.52. The Bertz CT molecular complexity index is 986. The monoisotopic (exact) mass is 392 g/mol. The lowest BCUT2D eigenvalue weighted by Gasteiger charge is -2.27. The van der Waals surface area contributed by atoms with Gasteiger partial charge in [0.15, 0.2) is 0 Å². The van der Waals surface area contributed by atoms with Crippen LogP contribution in [-0.4, -0.2) is 56.9 Å². The van der Waals surface area contributed by atoms with Crippen LogP contribution in [0.1, 0.15) is 17.0 Å². The molecule has 7 nitrogen and oxygen atoms in total. The molecule has 2 bridgehead atoms. The number of nitrogens with zero attached hydrogens (tertiary/aromatic N) is 3. The SMILES string of the molecule is Cc1cccc(CN2C[C@]34C=C[C@H](O3)[C@H](C(=O)N(C)Cc3ncc[nH]3)[C@H]4C2=O)c1. The second kappa shape index (κ2) is 6.56. The molecular formula is C22H24N4O3. The lowest BCUT2D eigenvalue weighted by atomic mass is 9.76. The van der Waals surface area contributed by atoms with E-state index in [0.29, 0.717) is 25.5 Å². The number of benzene rings is 1. The number of aromatic nitrogens is 2. The minimum absolute atomic E-state index is 0.00287. The van der Waals surface area contributed by atoms with Crippen LogP contribution in [0, 0.1) is 18.8 Å². The number of hydrogen-bond acceptors (Lipinski definition) is 4. The van der Waals surface area contributed by atoms with Crippen molar-refractivity contribution in [1.82, 2.24) is 19.8 Å². The van der Waals surface area contributed by atoms with Crippen LogP contribution in [0.15, 0.2) is 48.8 Å². The summed E-state index contributed by atoms with van der Waals surface area (Å²) in [6, 6.07) is 8.16. The first kappa shape index (κ1) is 18.1. The van der Waals surface area contributed by atoms with E-state index in [-0.39, 0.29) is 17.9 Å². The van der Waals surface area contributed by atoms with Gasteiger partial charge in [-0.1, -0.05) is 42.0 Å². The van der Waals surface area contributed by atoms with E-state index in [1.165, 1.54) is 0 Å². The molecule has 2 fully saturated rings. The van der Waals surface area contributed by atoms with Crippen molar-refractivity contribution in [3.8, 4) is 0 Å². The molecular weight excluding hydrogens is 368 g/mol. The molecule has 1 aromatic carbocycles. The number of amides is 2. The number of H-pyrrole nitrogens is 1. The number of ether oxygens (including phenoxy) is 1. The van der Waals surface area contributed by atoms with Gasteiger partial charge in [-0.25, -0.2) is 4.98 Å². The molecule has 7 heteroatoms. The van der Waals surface area contributed by atoms with Crippen molar-refractivity contribution < 1.29 is 14.3 Å². The highest BCUT2D eigenvalue weighted by atomic mass is 16.5. The van der Waals surface area contributed by atoms with Crippen molar-refractivity contribution in [3.05, 3.63) is 65.8 Å². The number of likely N-dealkylation sites (tertiary alicyclic amines) is 1. The van der Waals surface area contributed by atoms with E-state index in [1.807, 2.05) is 42.2 Å². The first-order valence-corrected chi connectivity index (χ1v) is 9.92. The summed E-state index contributed by atoms with van der Waals surface area (Å²) in [5.74, 6) is -0.311. The van der Waals surface area contributed by atoms with Gasteiger partial charge in [-0.2, -0.15) is 0 Å². The second-order valence-electron chi connectivity index (χ2n) is 8.31. The summed E-state index contributed by atoms with van der Waals surface area (Å²) in [5.41, 5.74) is 1.57. The van der Waals surface area contributed by atoms with E-state index in [9.17, 15) is 9.59 Å². The van der Waals surface area contributed by atoms with Crippen LogP contribution >= 0.6 is 0 Å². The highest BCUT2D eigenvalue weighted by Gasteiger charge is 2.67. The van der Waals surface area contributed by atoms with Gasteiger partial charge < -0.3 is 19.5 Å². The predicted octanol–water partition coefficient (Wildman–Crippen LogP) is 1.66. The Balaban J connectivity index is 1.37. The Morgan fingerprint density at radius 3 is 3.07 bits per heavy atom. The van der Waals surface area contributed by atoms with Gasteiger partial charge in [0.25, 0.3) is 0 Å². The number of aryl methyl sites for hydroxylation is 1. The Kier molecular flexibility index (Phi) is 4.10. The molecule has 0 aliphatic carbocycles. The second-order valence-corrected chi connectivity index (χ2v) is 8.31. The van der Waals surface area contributed by atoms with Crippen molar-refractivity contribution in [3.63, 3.8) is 0 Å². The van der Waals surface area contributed by atoms with E-state index in [0.717, 1.165) is 11.1 Å².